The van der Waals surface area contributed by atoms with Crippen molar-refractivity contribution in [3.63, 3.8) is 0 Å². The minimum atomic E-state index is -0.347. The summed E-state index contributed by atoms with van der Waals surface area (Å²) in [5, 5.41) is 11.7. The van der Waals surface area contributed by atoms with Crippen LogP contribution in [0.4, 0.5) is 14.9 Å². The maximum atomic E-state index is 13.0. The van der Waals surface area contributed by atoms with E-state index in [1.54, 1.807) is 17.0 Å². The van der Waals surface area contributed by atoms with Gasteiger partial charge in [-0.3, -0.25) is 0 Å². The highest BCUT2D eigenvalue weighted by molar-refractivity contribution is 5.89. The lowest BCUT2D eigenvalue weighted by atomic mass is 10.2. The summed E-state index contributed by atoms with van der Waals surface area (Å²) in [6, 6.07) is 10.8. The number of hydrogen-bond acceptors (Lipinski definition) is 3. The highest BCUT2D eigenvalue weighted by Crippen LogP contribution is 2.26. The maximum absolute atomic E-state index is 13.0. The summed E-state index contributed by atoms with van der Waals surface area (Å²) in [4.78, 5) is 14.4. The zero-order valence-corrected chi connectivity index (χ0v) is 13.2. The van der Waals surface area contributed by atoms with Gasteiger partial charge in [0.15, 0.2) is 0 Å². The molecule has 0 bridgehead atoms. The van der Waals surface area contributed by atoms with Crippen LogP contribution in [0.5, 0.6) is 0 Å². The van der Waals surface area contributed by atoms with E-state index in [-0.39, 0.29) is 23.7 Å². The predicted molar refractivity (Wildman–Crippen MR) is 86.6 cm³/mol. The van der Waals surface area contributed by atoms with E-state index in [2.05, 4.69) is 5.32 Å². The lowest BCUT2D eigenvalue weighted by molar-refractivity contribution is 0.178. The molecule has 0 unspecified atom stereocenters. The van der Waals surface area contributed by atoms with Gasteiger partial charge in [-0.1, -0.05) is 12.8 Å². The van der Waals surface area contributed by atoms with Gasteiger partial charge >= 0.3 is 6.03 Å². The third-order valence-corrected chi connectivity index (χ3v) is 4.22. The molecule has 1 fully saturated rings. The number of urea groups is 1. The number of rotatable bonds is 4. The summed E-state index contributed by atoms with van der Waals surface area (Å²) >= 11 is 0. The molecule has 2 aromatic rings. The highest BCUT2D eigenvalue weighted by Gasteiger charge is 2.27. The van der Waals surface area contributed by atoms with E-state index in [1.165, 1.54) is 24.3 Å². The molecular weight excluding hydrogens is 309 g/mol. The molecule has 1 aliphatic rings. The number of anilines is 1. The van der Waals surface area contributed by atoms with Crippen molar-refractivity contribution in [1.82, 2.24) is 4.90 Å². The summed E-state index contributed by atoms with van der Waals surface area (Å²) in [5.74, 6) is 0.461. The van der Waals surface area contributed by atoms with Gasteiger partial charge in [0.2, 0.25) is 5.76 Å². The molecule has 6 heteroatoms. The van der Waals surface area contributed by atoms with E-state index in [0.29, 0.717) is 18.0 Å². The van der Waals surface area contributed by atoms with Gasteiger partial charge in [0.1, 0.15) is 17.6 Å². The van der Waals surface area contributed by atoms with Gasteiger partial charge in [-0.15, -0.1) is 0 Å². The summed E-state index contributed by atoms with van der Waals surface area (Å²) in [7, 11) is 0. The second kappa shape index (κ2) is 7.18. The number of furan rings is 1. The third kappa shape index (κ3) is 3.74. The van der Waals surface area contributed by atoms with Crippen molar-refractivity contribution in [3.8, 4) is 6.07 Å². The summed E-state index contributed by atoms with van der Waals surface area (Å²) in [5.41, 5.74) is 0.543. The molecule has 1 aromatic carbocycles. The second-order valence-electron chi connectivity index (χ2n) is 5.88. The Bertz CT molecular complexity index is 742. The van der Waals surface area contributed by atoms with Crippen LogP contribution in [-0.4, -0.2) is 17.0 Å². The molecule has 0 spiro atoms. The Morgan fingerprint density at radius 3 is 2.58 bits per heavy atom. The number of benzene rings is 1. The molecule has 1 heterocycles. The van der Waals surface area contributed by atoms with E-state index < -0.39 is 0 Å². The number of nitrogens with one attached hydrogen (secondary N) is 1. The molecular formula is C18H18FN3O2. The van der Waals surface area contributed by atoms with Crippen LogP contribution in [0.1, 0.15) is 37.2 Å². The highest BCUT2D eigenvalue weighted by atomic mass is 19.1. The number of halogens is 1. The van der Waals surface area contributed by atoms with Crippen LogP contribution in [0.25, 0.3) is 0 Å². The first kappa shape index (κ1) is 16.1. The molecule has 1 aliphatic carbocycles. The number of amides is 2. The van der Waals surface area contributed by atoms with Crippen molar-refractivity contribution in [2.75, 3.05) is 5.32 Å². The van der Waals surface area contributed by atoms with Crippen LogP contribution in [-0.2, 0) is 6.54 Å². The lowest BCUT2D eigenvalue weighted by Gasteiger charge is -2.28. The number of hydrogen-bond donors (Lipinski definition) is 1. The number of carbonyl (C=O) groups is 1. The molecule has 0 saturated heterocycles. The van der Waals surface area contributed by atoms with Gasteiger partial charge in [0, 0.05) is 11.7 Å². The Morgan fingerprint density at radius 2 is 1.96 bits per heavy atom. The van der Waals surface area contributed by atoms with Gasteiger partial charge in [-0.2, -0.15) is 5.26 Å². The van der Waals surface area contributed by atoms with Crippen molar-refractivity contribution >= 4 is 11.7 Å². The zero-order valence-electron chi connectivity index (χ0n) is 13.2. The van der Waals surface area contributed by atoms with Gasteiger partial charge in [0.25, 0.3) is 0 Å². The molecule has 24 heavy (non-hydrogen) atoms. The molecule has 0 aliphatic heterocycles. The molecule has 0 radical (unpaired) electrons. The summed E-state index contributed by atoms with van der Waals surface area (Å²) in [6.45, 7) is 0.305. The summed E-state index contributed by atoms with van der Waals surface area (Å²) < 4.78 is 18.4. The fourth-order valence-corrected chi connectivity index (χ4v) is 3.00. The van der Waals surface area contributed by atoms with Gasteiger partial charge in [-0.05, 0) is 49.2 Å². The first-order valence-electron chi connectivity index (χ1n) is 7.98. The van der Waals surface area contributed by atoms with E-state index in [9.17, 15) is 9.18 Å². The Morgan fingerprint density at radius 1 is 1.25 bits per heavy atom. The van der Waals surface area contributed by atoms with Crippen molar-refractivity contribution in [3.05, 3.63) is 53.7 Å². The maximum Gasteiger partial charge on any atom is 0.322 e. The molecule has 1 N–H and O–H groups in total. The Balaban J connectivity index is 1.74. The zero-order chi connectivity index (χ0) is 16.9. The van der Waals surface area contributed by atoms with Gasteiger partial charge in [-0.25, -0.2) is 9.18 Å². The largest absolute Gasteiger partial charge is 0.449 e. The number of carbonyl (C=O) groups excluding carboxylic acids is 1. The Labute approximate surface area is 139 Å². The average Bonchev–Trinajstić information content (AvgIpc) is 3.26. The topological polar surface area (TPSA) is 69.3 Å². The van der Waals surface area contributed by atoms with E-state index >= 15 is 0 Å². The standard InChI is InChI=1S/C18H18FN3O2/c19-13-5-7-14(8-6-13)21-18(23)22(15-3-1-2-4-15)12-17-10-9-16(11-20)24-17/h5-10,15H,1-4,12H2,(H,21,23). The fourth-order valence-electron chi connectivity index (χ4n) is 3.00. The van der Waals surface area contributed by atoms with Crippen LogP contribution in [0.15, 0.2) is 40.8 Å². The van der Waals surface area contributed by atoms with Crippen molar-refractivity contribution in [2.45, 2.75) is 38.3 Å². The van der Waals surface area contributed by atoms with Crippen LogP contribution in [0.2, 0.25) is 0 Å². The molecule has 1 saturated carbocycles. The molecule has 124 valence electrons. The first-order chi connectivity index (χ1) is 11.7. The van der Waals surface area contributed by atoms with Gasteiger partial charge in [0.05, 0.1) is 6.54 Å². The number of nitrogens with zero attached hydrogens (tertiary/aromatic N) is 2. The minimum absolute atomic E-state index is 0.140. The summed E-state index contributed by atoms with van der Waals surface area (Å²) in [6.07, 6.45) is 4.07. The smallest absolute Gasteiger partial charge is 0.322 e. The monoisotopic (exact) mass is 327 g/mol. The minimum Gasteiger partial charge on any atom is -0.449 e. The lowest BCUT2D eigenvalue weighted by Crippen LogP contribution is -2.41. The van der Waals surface area contributed by atoms with E-state index in [0.717, 1.165) is 25.7 Å². The van der Waals surface area contributed by atoms with E-state index in [1.807, 2.05) is 6.07 Å². The van der Waals surface area contributed by atoms with Crippen LogP contribution in [0, 0.1) is 17.1 Å². The second-order valence-corrected chi connectivity index (χ2v) is 5.88. The first-order valence-corrected chi connectivity index (χ1v) is 7.98. The van der Waals surface area contributed by atoms with Gasteiger partial charge < -0.3 is 14.6 Å². The Hall–Kier alpha value is -2.81. The van der Waals surface area contributed by atoms with E-state index in [4.69, 9.17) is 9.68 Å². The molecule has 5 nitrogen and oxygen atoms in total. The normalized spacial score (nSPS) is 14.3. The molecule has 0 atom stereocenters. The molecule has 3 rings (SSSR count). The molecule has 1 aromatic heterocycles. The fraction of sp³-hybridized carbons (Fsp3) is 0.333. The number of nitriles is 1. The Kier molecular flexibility index (Phi) is 4.80. The molecule has 2 amide bonds. The van der Waals surface area contributed by atoms with Crippen molar-refractivity contribution < 1.29 is 13.6 Å². The third-order valence-electron chi connectivity index (χ3n) is 4.22. The van der Waals surface area contributed by atoms with Crippen LogP contribution >= 0.6 is 0 Å². The quantitative estimate of drug-likeness (QED) is 0.912. The predicted octanol–water partition coefficient (Wildman–Crippen LogP) is 4.27. The van der Waals surface area contributed by atoms with Crippen LogP contribution in [0.3, 0.4) is 0 Å². The average molecular weight is 327 g/mol. The SMILES string of the molecule is N#Cc1ccc(CN(C(=O)Nc2ccc(F)cc2)C2CCCC2)o1. The van der Waals surface area contributed by atoms with Crippen molar-refractivity contribution in [1.29, 1.82) is 5.26 Å². The van der Waals surface area contributed by atoms with Crippen molar-refractivity contribution in [2.24, 2.45) is 0 Å². The van der Waals surface area contributed by atoms with Crippen LogP contribution < -0.4 is 5.32 Å².